The van der Waals surface area contributed by atoms with E-state index in [4.69, 9.17) is 23.7 Å². The van der Waals surface area contributed by atoms with Crippen molar-refractivity contribution in [1.29, 1.82) is 0 Å². The van der Waals surface area contributed by atoms with Gasteiger partial charge in [-0.1, -0.05) is 30.3 Å². The van der Waals surface area contributed by atoms with E-state index in [1.54, 1.807) is 13.2 Å². The first-order chi connectivity index (χ1) is 13.1. The molecule has 0 aliphatic carbocycles. The maximum Gasteiger partial charge on any atom is 0.339 e. The smallest absolute Gasteiger partial charge is 0.339 e. The molecule has 7 nitrogen and oxygen atoms in total. The summed E-state index contributed by atoms with van der Waals surface area (Å²) in [6.07, 6.45) is 0.371. The van der Waals surface area contributed by atoms with E-state index in [-0.39, 0.29) is 24.9 Å². The molecule has 0 spiro atoms. The van der Waals surface area contributed by atoms with Crippen LogP contribution in [0.1, 0.15) is 15.9 Å². The number of methoxy groups -OCH3 is 3. The number of hydrogen-bond acceptors (Lipinski definition) is 6. The normalized spacial score (nSPS) is 10.6. The fourth-order valence-corrected chi connectivity index (χ4v) is 2.77. The van der Waals surface area contributed by atoms with Gasteiger partial charge in [-0.15, -0.1) is 0 Å². The molecular weight excluding hydrogens is 352 g/mol. The van der Waals surface area contributed by atoms with Crippen molar-refractivity contribution in [3.8, 4) is 22.6 Å². The van der Waals surface area contributed by atoms with E-state index in [0.717, 1.165) is 5.56 Å². The van der Waals surface area contributed by atoms with Gasteiger partial charge in [-0.2, -0.15) is 0 Å². The van der Waals surface area contributed by atoms with Crippen molar-refractivity contribution in [2.45, 2.75) is 6.42 Å². The van der Waals surface area contributed by atoms with Crippen molar-refractivity contribution in [3.63, 3.8) is 0 Å². The van der Waals surface area contributed by atoms with Gasteiger partial charge in [0.25, 0.3) is 0 Å². The van der Waals surface area contributed by atoms with Crippen LogP contribution in [-0.2, 0) is 20.6 Å². The molecule has 0 unspecified atom stereocenters. The molecule has 0 amide bonds. The van der Waals surface area contributed by atoms with E-state index in [2.05, 4.69) is 0 Å². The second-order valence-electron chi connectivity index (χ2n) is 5.62. The first-order valence-electron chi connectivity index (χ1n) is 8.35. The molecule has 0 saturated carbocycles. The Kier molecular flexibility index (Phi) is 8.06. The van der Waals surface area contributed by atoms with Crippen molar-refractivity contribution in [3.05, 3.63) is 47.5 Å². The van der Waals surface area contributed by atoms with Gasteiger partial charge in [-0.25, -0.2) is 4.79 Å². The third-order valence-corrected chi connectivity index (χ3v) is 3.86. The number of carboxylic acid groups (broad SMARTS) is 1. The molecular formula is C20H24O7. The fraction of sp³-hybridized carbons (Fsp3) is 0.350. The van der Waals surface area contributed by atoms with Gasteiger partial charge in [0, 0.05) is 33.0 Å². The third-order valence-electron chi connectivity index (χ3n) is 3.86. The summed E-state index contributed by atoms with van der Waals surface area (Å²) in [6, 6.07) is 11.0. The molecule has 0 atom stereocenters. The Hall–Kier alpha value is -2.61. The van der Waals surface area contributed by atoms with E-state index >= 15 is 0 Å². The Morgan fingerprint density at radius 3 is 2.11 bits per heavy atom. The zero-order valence-electron chi connectivity index (χ0n) is 15.7. The molecule has 2 aromatic carbocycles. The molecule has 7 heteroatoms. The number of hydrogen-bond donors (Lipinski definition) is 1. The number of carboxylic acids is 1. The first kappa shape index (κ1) is 20.7. The lowest BCUT2D eigenvalue weighted by Gasteiger charge is -2.21. The van der Waals surface area contributed by atoms with Gasteiger partial charge in [-0.05, 0) is 17.5 Å². The van der Waals surface area contributed by atoms with E-state index in [9.17, 15) is 9.90 Å². The van der Waals surface area contributed by atoms with Gasteiger partial charge in [0.05, 0.1) is 6.61 Å². The lowest BCUT2D eigenvalue weighted by molar-refractivity contribution is 0.0445. The monoisotopic (exact) mass is 376 g/mol. The van der Waals surface area contributed by atoms with Crippen LogP contribution in [0, 0.1) is 0 Å². The number of benzene rings is 2. The van der Waals surface area contributed by atoms with Crippen LogP contribution in [-0.4, -0.2) is 52.6 Å². The lowest BCUT2D eigenvalue weighted by Crippen LogP contribution is -2.13. The largest absolute Gasteiger partial charge is 0.478 e. The average Bonchev–Trinajstić information content (AvgIpc) is 2.68. The highest BCUT2D eigenvalue weighted by atomic mass is 16.7. The zero-order chi connectivity index (χ0) is 19.6. The Labute approximate surface area is 158 Å². The van der Waals surface area contributed by atoms with E-state index in [1.807, 2.05) is 30.3 Å². The van der Waals surface area contributed by atoms with Crippen LogP contribution in [0.15, 0.2) is 36.4 Å². The van der Waals surface area contributed by atoms with Crippen molar-refractivity contribution >= 4 is 5.97 Å². The minimum Gasteiger partial charge on any atom is -0.478 e. The summed E-state index contributed by atoms with van der Waals surface area (Å²) < 4.78 is 26.4. The third kappa shape index (κ3) is 5.19. The van der Waals surface area contributed by atoms with Crippen LogP contribution < -0.4 is 9.47 Å². The number of carbonyl (C=O) groups is 1. The van der Waals surface area contributed by atoms with Gasteiger partial charge in [0.15, 0.2) is 13.6 Å². The highest BCUT2D eigenvalue weighted by molar-refractivity contribution is 5.97. The number of ether oxygens (including phenoxy) is 5. The van der Waals surface area contributed by atoms with Crippen LogP contribution in [0.4, 0.5) is 0 Å². The Morgan fingerprint density at radius 2 is 1.56 bits per heavy atom. The van der Waals surface area contributed by atoms with E-state index in [1.165, 1.54) is 14.2 Å². The van der Waals surface area contributed by atoms with Gasteiger partial charge < -0.3 is 28.8 Å². The van der Waals surface area contributed by atoms with Crippen LogP contribution in [0.2, 0.25) is 0 Å². The molecule has 0 aromatic heterocycles. The van der Waals surface area contributed by atoms with Crippen molar-refractivity contribution in [1.82, 2.24) is 0 Å². The van der Waals surface area contributed by atoms with Crippen molar-refractivity contribution in [2.24, 2.45) is 0 Å². The molecule has 0 heterocycles. The molecule has 0 radical (unpaired) electrons. The molecule has 27 heavy (non-hydrogen) atoms. The van der Waals surface area contributed by atoms with Crippen molar-refractivity contribution < 1.29 is 33.6 Å². The summed E-state index contributed by atoms with van der Waals surface area (Å²) in [5.74, 6) is -0.464. The second-order valence-corrected chi connectivity index (χ2v) is 5.62. The Morgan fingerprint density at radius 1 is 0.926 bits per heavy atom. The minimum absolute atomic E-state index is 0.0136. The van der Waals surface area contributed by atoms with Gasteiger partial charge in [0.2, 0.25) is 0 Å². The minimum atomic E-state index is -1.09. The quantitative estimate of drug-likeness (QED) is 0.603. The van der Waals surface area contributed by atoms with Crippen molar-refractivity contribution in [2.75, 3.05) is 41.5 Å². The average molecular weight is 376 g/mol. The standard InChI is InChI=1S/C20H24O7/c1-23-10-9-15-18(14-7-5-4-6-8-14)16(26-12-24-2)11-17(27-13-25-3)19(15)20(21)22/h4-8,11H,9-10,12-13H2,1-3H3,(H,21,22). The predicted molar refractivity (Wildman–Crippen MR) is 99.4 cm³/mol. The molecule has 0 aliphatic heterocycles. The van der Waals surface area contributed by atoms with E-state index in [0.29, 0.717) is 29.9 Å². The fourth-order valence-electron chi connectivity index (χ4n) is 2.77. The molecule has 0 saturated heterocycles. The van der Waals surface area contributed by atoms with E-state index < -0.39 is 5.97 Å². The highest BCUT2D eigenvalue weighted by Crippen LogP contribution is 2.41. The second kappa shape index (κ2) is 10.5. The summed E-state index contributed by atoms with van der Waals surface area (Å²) in [6.45, 7) is 0.273. The highest BCUT2D eigenvalue weighted by Gasteiger charge is 2.25. The van der Waals surface area contributed by atoms with Gasteiger partial charge in [0.1, 0.15) is 17.1 Å². The molecule has 0 aliphatic rings. The first-order valence-corrected chi connectivity index (χ1v) is 8.35. The van der Waals surface area contributed by atoms with Crippen LogP contribution in [0.25, 0.3) is 11.1 Å². The zero-order valence-corrected chi connectivity index (χ0v) is 15.7. The molecule has 2 rings (SSSR count). The summed E-state index contributed by atoms with van der Waals surface area (Å²) in [4.78, 5) is 12.1. The number of aromatic carboxylic acids is 1. The van der Waals surface area contributed by atoms with Gasteiger partial charge >= 0.3 is 5.97 Å². The SMILES string of the molecule is COCCc1c(C(=O)O)c(OCOC)cc(OCOC)c1-c1ccccc1. The molecule has 0 bridgehead atoms. The Balaban J connectivity index is 2.74. The maximum absolute atomic E-state index is 12.1. The number of rotatable bonds is 11. The Bertz CT molecular complexity index is 744. The molecule has 0 fully saturated rings. The maximum atomic E-state index is 12.1. The topological polar surface area (TPSA) is 83.5 Å². The summed E-state index contributed by atoms with van der Waals surface area (Å²) in [7, 11) is 4.55. The molecule has 146 valence electrons. The summed E-state index contributed by atoms with van der Waals surface area (Å²) in [5, 5.41) is 9.86. The molecule has 1 N–H and O–H groups in total. The predicted octanol–water partition coefficient (Wildman–Crippen LogP) is 3.21. The van der Waals surface area contributed by atoms with Crippen LogP contribution >= 0.6 is 0 Å². The summed E-state index contributed by atoms with van der Waals surface area (Å²) >= 11 is 0. The summed E-state index contributed by atoms with van der Waals surface area (Å²) in [5.41, 5.74) is 2.13. The lowest BCUT2D eigenvalue weighted by atomic mass is 9.91. The molecule has 2 aromatic rings. The van der Waals surface area contributed by atoms with Gasteiger partial charge in [-0.3, -0.25) is 0 Å². The van der Waals surface area contributed by atoms with Crippen LogP contribution in [0.5, 0.6) is 11.5 Å². The van der Waals surface area contributed by atoms with Crippen LogP contribution in [0.3, 0.4) is 0 Å².